The molecule has 1 aromatic rings. The molecule has 0 aliphatic rings. The van der Waals surface area contributed by atoms with Crippen molar-refractivity contribution in [1.29, 1.82) is 0 Å². The van der Waals surface area contributed by atoms with E-state index in [2.05, 4.69) is 21.2 Å². The van der Waals surface area contributed by atoms with Crippen molar-refractivity contribution in [2.75, 3.05) is 6.61 Å². The van der Waals surface area contributed by atoms with Gasteiger partial charge in [-0.25, -0.2) is 0 Å². The maximum Gasteiger partial charge on any atom is 0.268 e. The average Bonchev–Trinajstić information content (AvgIpc) is 2.54. The maximum absolute atomic E-state index is 11.8. The minimum absolute atomic E-state index is 0.0772. The topological polar surface area (TPSA) is 54.3 Å². The van der Waals surface area contributed by atoms with E-state index in [4.69, 9.17) is 5.11 Å². The normalized spacial score (nSPS) is 12.5. The molecule has 0 saturated heterocycles. The molecule has 1 aromatic heterocycles. The Morgan fingerprint density at radius 1 is 1.69 bits per heavy atom. The summed E-state index contributed by atoms with van der Waals surface area (Å²) in [6.45, 7) is 2.10. The first-order valence-electron chi connectivity index (χ1n) is 5.28. The Balaban J connectivity index is 2.55. The molecule has 16 heavy (non-hydrogen) atoms. The minimum atomic E-state index is -0.0846. The summed E-state index contributed by atoms with van der Waals surface area (Å²) in [6, 6.07) is 1.86. The third kappa shape index (κ3) is 3.64. The molecule has 5 heteroatoms. The van der Waals surface area contributed by atoms with Gasteiger partial charge in [-0.3, -0.25) is 4.79 Å². The lowest BCUT2D eigenvalue weighted by molar-refractivity contribution is 0.0928. The molecule has 0 aliphatic carbocycles. The standard InChI is InChI=1S/C11H17BrN2O2/c1-8(4-3-5-15)13-11(16)10-6-9(12)7-14(10)2/h6-8,15H,3-5H2,1-2H3,(H,13,16). The summed E-state index contributed by atoms with van der Waals surface area (Å²) >= 11 is 3.33. The first-order valence-corrected chi connectivity index (χ1v) is 6.07. The van der Waals surface area contributed by atoms with Crippen LogP contribution in [-0.2, 0) is 7.05 Å². The number of amides is 1. The molecule has 90 valence electrons. The summed E-state index contributed by atoms with van der Waals surface area (Å²) in [5.41, 5.74) is 0.628. The lowest BCUT2D eigenvalue weighted by atomic mass is 10.2. The van der Waals surface area contributed by atoms with E-state index in [1.165, 1.54) is 0 Å². The lowest BCUT2D eigenvalue weighted by Crippen LogP contribution is -2.33. The van der Waals surface area contributed by atoms with Gasteiger partial charge in [0.2, 0.25) is 0 Å². The Bertz CT molecular complexity index is 363. The number of hydrogen-bond donors (Lipinski definition) is 2. The second-order valence-corrected chi connectivity index (χ2v) is 4.81. The number of rotatable bonds is 5. The molecule has 4 nitrogen and oxygen atoms in total. The average molecular weight is 289 g/mol. The maximum atomic E-state index is 11.8. The van der Waals surface area contributed by atoms with Gasteiger partial charge in [-0.15, -0.1) is 0 Å². The van der Waals surface area contributed by atoms with Crippen molar-refractivity contribution in [3.05, 3.63) is 22.4 Å². The molecule has 1 atom stereocenters. The predicted octanol–water partition coefficient (Wildman–Crippen LogP) is 1.68. The van der Waals surface area contributed by atoms with E-state index in [-0.39, 0.29) is 18.6 Å². The van der Waals surface area contributed by atoms with Gasteiger partial charge < -0.3 is 15.0 Å². The fraction of sp³-hybridized carbons (Fsp3) is 0.545. The smallest absolute Gasteiger partial charge is 0.268 e. The van der Waals surface area contributed by atoms with Crippen LogP contribution in [0.15, 0.2) is 16.7 Å². The first-order chi connectivity index (χ1) is 7.54. The molecule has 0 saturated carbocycles. The molecular formula is C11H17BrN2O2. The highest BCUT2D eigenvalue weighted by atomic mass is 79.9. The molecule has 0 fully saturated rings. The Labute approximate surface area is 104 Å². The van der Waals surface area contributed by atoms with Crippen LogP contribution in [0.3, 0.4) is 0 Å². The fourth-order valence-electron chi connectivity index (χ4n) is 1.52. The van der Waals surface area contributed by atoms with Crippen LogP contribution < -0.4 is 5.32 Å². The van der Waals surface area contributed by atoms with Gasteiger partial charge in [0.15, 0.2) is 0 Å². The van der Waals surface area contributed by atoms with Gasteiger partial charge in [-0.05, 0) is 41.8 Å². The zero-order valence-electron chi connectivity index (χ0n) is 9.53. The van der Waals surface area contributed by atoms with Crippen molar-refractivity contribution in [1.82, 2.24) is 9.88 Å². The highest BCUT2D eigenvalue weighted by molar-refractivity contribution is 9.10. The van der Waals surface area contributed by atoms with Crippen LogP contribution in [0.4, 0.5) is 0 Å². The van der Waals surface area contributed by atoms with Crippen LogP contribution in [0.1, 0.15) is 30.3 Å². The van der Waals surface area contributed by atoms with Gasteiger partial charge in [0.25, 0.3) is 5.91 Å². The Morgan fingerprint density at radius 3 is 2.88 bits per heavy atom. The second kappa shape index (κ2) is 6.06. The monoisotopic (exact) mass is 288 g/mol. The number of carbonyl (C=O) groups excluding carboxylic acids is 1. The summed E-state index contributed by atoms with van der Waals surface area (Å²) in [4.78, 5) is 11.8. The van der Waals surface area contributed by atoms with E-state index in [0.717, 1.165) is 10.9 Å². The summed E-state index contributed by atoms with van der Waals surface area (Å²) in [5.74, 6) is -0.0846. The molecule has 0 bridgehead atoms. The van der Waals surface area contributed by atoms with E-state index in [1.807, 2.05) is 20.2 Å². The SMILES string of the molecule is CC(CCCO)NC(=O)c1cc(Br)cn1C. The zero-order chi connectivity index (χ0) is 12.1. The van der Waals surface area contributed by atoms with Crippen LogP contribution >= 0.6 is 15.9 Å². The van der Waals surface area contributed by atoms with Crippen molar-refractivity contribution in [2.45, 2.75) is 25.8 Å². The largest absolute Gasteiger partial charge is 0.396 e. The summed E-state index contributed by atoms with van der Waals surface area (Å²) in [6.07, 6.45) is 3.33. The summed E-state index contributed by atoms with van der Waals surface area (Å²) in [5, 5.41) is 11.6. The van der Waals surface area contributed by atoms with Crippen molar-refractivity contribution >= 4 is 21.8 Å². The number of aromatic nitrogens is 1. The number of hydrogen-bond acceptors (Lipinski definition) is 2. The first kappa shape index (κ1) is 13.3. The van der Waals surface area contributed by atoms with Gasteiger partial charge in [-0.1, -0.05) is 0 Å². The zero-order valence-corrected chi connectivity index (χ0v) is 11.1. The van der Waals surface area contributed by atoms with Gasteiger partial charge in [-0.2, -0.15) is 0 Å². The molecule has 1 amide bonds. The molecule has 0 spiro atoms. The number of aryl methyl sites for hydroxylation is 1. The van der Waals surface area contributed by atoms with Gasteiger partial charge in [0, 0.05) is 30.4 Å². The van der Waals surface area contributed by atoms with Crippen molar-refractivity contribution in [3.63, 3.8) is 0 Å². The third-order valence-corrected chi connectivity index (χ3v) is 2.81. The van der Waals surface area contributed by atoms with E-state index in [1.54, 1.807) is 10.6 Å². The molecule has 0 radical (unpaired) electrons. The molecule has 2 N–H and O–H groups in total. The van der Waals surface area contributed by atoms with E-state index >= 15 is 0 Å². The third-order valence-electron chi connectivity index (χ3n) is 2.38. The Hall–Kier alpha value is -0.810. The van der Waals surface area contributed by atoms with Crippen LogP contribution in [-0.4, -0.2) is 28.2 Å². The van der Waals surface area contributed by atoms with Gasteiger partial charge in [0.05, 0.1) is 0 Å². The van der Waals surface area contributed by atoms with Crippen LogP contribution in [0.2, 0.25) is 0 Å². The van der Waals surface area contributed by atoms with Gasteiger partial charge >= 0.3 is 0 Å². The van der Waals surface area contributed by atoms with Crippen molar-refractivity contribution < 1.29 is 9.90 Å². The molecule has 1 heterocycles. The molecule has 0 aliphatic heterocycles. The lowest BCUT2D eigenvalue weighted by Gasteiger charge is -2.13. The summed E-state index contributed by atoms with van der Waals surface area (Å²) in [7, 11) is 1.83. The number of aliphatic hydroxyl groups is 1. The van der Waals surface area contributed by atoms with Crippen molar-refractivity contribution in [3.8, 4) is 0 Å². The van der Waals surface area contributed by atoms with Crippen LogP contribution in [0.25, 0.3) is 0 Å². The highest BCUT2D eigenvalue weighted by Crippen LogP contribution is 2.13. The highest BCUT2D eigenvalue weighted by Gasteiger charge is 2.13. The van der Waals surface area contributed by atoms with E-state index in [9.17, 15) is 4.79 Å². The Kier molecular flexibility index (Phi) is 5.02. The summed E-state index contributed by atoms with van der Waals surface area (Å²) < 4.78 is 2.67. The minimum Gasteiger partial charge on any atom is -0.396 e. The molecule has 1 unspecified atom stereocenters. The number of carbonyl (C=O) groups is 1. The number of halogens is 1. The van der Waals surface area contributed by atoms with Crippen molar-refractivity contribution in [2.24, 2.45) is 7.05 Å². The predicted molar refractivity (Wildman–Crippen MR) is 66.4 cm³/mol. The number of aliphatic hydroxyl groups excluding tert-OH is 1. The van der Waals surface area contributed by atoms with E-state index in [0.29, 0.717) is 12.1 Å². The van der Waals surface area contributed by atoms with Crippen LogP contribution in [0.5, 0.6) is 0 Å². The quantitative estimate of drug-likeness (QED) is 0.866. The van der Waals surface area contributed by atoms with Gasteiger partial charge in [0.1, 0.15) is 5.69 Å². The second-order valence-electron chi connectivity index (χ2n) is 3.89. The fourth-order valence-corrected chi connectivity index (χ4v) is 2.04. The molecule has 1 rings (SSSR count). The Morgan fingerprint density at radius 2 is 2.38 bits per heavy atom. The molecular weight excluding hydrogens is 272 g/mol. The van der Waals surface area contributed by atoms with Crippen LogP contribution in [0, 0.1) is 0 Å². The van der Waals surface area contributed by atoms with E-state index < -0.39 is 0 Å². The number of nitrogens with zero attached hydrogens (tertiary/aromatic N) is 1. The number of nitrogens with one attached hydrogen (secondary N) is 1. The molecule has 0 aromatic carbocycles.